The van der Waals surface area contributed by atoms with Crippen molar-refractivity contribution in [1.82, 2.24) is 91.5 Å². The van der Waals surface area contributed by atoms with Crippen molar-refractivity contribution in [3.8, 4) is 46.9 Å². The first-order chi connectivity index (χ1) is 68.9. The van der Waals surface area contributed by atoms with Gasteiger partial charge in [0.2, 0.25) is 5.92 Å². The SMILES string of the molecule is CCCCCn1c(=O)n(CCCCc2noc(-c3ccccn3)n2)c(=O)c2nc(C(F)F)[nH]c(=O)c21.Cc1ccccc1OCCCOc1nc2c(=O)n(C)c(=O)n(CCC3CCC(F)(F)CC3)c2c(=O)[nH]1.Cc1ccccc1OCCCOc1nc2c(=O)n(C)c(=O)n(CCCc3cccs3)c2c(=O)[nH]1.Cc1ccccc1OCCCOc1nc2c(=O)n(C)c(=O)n(Cc3cccc4ccccc34)c2c(=O)[nH]1. The number of benzene rings is 5. The second-order valence-corrected chi connectivity index (χ2v) is 35.2. The van der Waals surface area contributed by atoms with Gasteiger partial charge in [-0.15, -0.1) is 11.3 Å². The predicted octanol–water partition coefficient (Wildman–Crippen LogP) is 11.8. The highest BCUT2D eigenvalue weighted by Crippen LogP contribution is 2.38. The van der Waals surface area contributed by atoms with Crippen LogP contribution < -0.4 is 95.7 Å². The normalized spacial score (nSPS) is 12.4. The first-order valence-corrected chi connectivity index (χ1v) is 47.7. The summed E-state index contributed by atoms with van der Waals surface area (Å²) in [7, 11) is 4.07. The Kier molecular flexibility index (Phi) is 34.5. The topological polar surface area (TPSA) is 466 Å². The van der Waals surface area contributed by atoms with Crippen LogP contribution in [0.1, 0.15) is 142 Å². The van der Waals surface area contributed by atoms with E-state index in [1.54, 1.807) is 35.7 Å². The fourth-order valence-electron chi connectivity index (χ4n) is 16.3. The van der Waals surface area contributed by atoms with Gasteiger partial charge < -0.3 is 37.9 Å². The number of halogens is 4. The predicted molar refractivity (Wildman–Crippen MR) is 529 cm³/mol. The zero-order chi connectivity index (χ0) is 102. The van der Waals surface area contributed by atoms with E-state index in [4.69, 9.17) is 32.9 Å². The average molecular weight is 1990 g/mol. The molecule has 43 heteroatoms. The van der Waals surface area contributed by atoms with Crippen molar-refractivity contribution in [2.45, 2.75) is 175 Å². The van der Waals surface area contributed by atoms with E-state index in [9.17, 15) is 75.1 Å². The molecule has 1 fully saturated rings. The summed E-state index contributed by atoms with van der Waals surface area (Å²) in [5.41, 5.74) is -5.02. The Bertz CT molecular complexity index is 8010. The van der Waals surface area contributed by atoms with Crippen LogP contribution in [0, 0.1) is 26.7 Å². The van der Waals surface area contributed by atoms with Gasteiger partial charge in [-0.1, -0.05) is 134 Å². The number of H-pyrrole nitrogens is 4. The van der Waals surface area contributed by atoms with Crippen LogP contribution in [0.15, 0.2) is 219 Å². The van der Waals surface area contributed by atoms with Crippen molar-refractivity contribution < 1.29 is 50.5 Å². The minimum absolute atomic E-state index is 0.0142. The Labute approximate surface area is 813 Å². The Hall–Kier alpha value is -15.9. The molecule has 0 aliphatic heterocycles. The quantitative estimate of drug-likeness (QED) is 0.0206. The summed E-state index contributed by atoms with van der Waals surface area (Å²) in [5, 5.41) is 7.88. The molecule has 0 bridgehead atoms. The van der Waals surface area contributed by atoms with Gasteiger partial charge in [0.1, 0.15) is 45.0 Å². The summed E-state index contributed by atoms with van der Waals surface area (Å²) in [6, 6.07) is 45.6. The molecular formula is C100H107F4N19O19S. The minimum atomic E-state index is -3.07. The third kappa shape index (κ3) is 25.3. The molecular weight excluding hydrogens is 1880 g/mol. The lowest BCUT2D eigenvalue weighted by atomic mass is 9.85. The van der Waals surface area contributed by atoms with Crippen molar-refractivity contribution >= 4 is 66.2 Å². The number of aromatic amines is 4. The van der Waals surface area contributed by atoms with Gasteiger partial charge >= 0.3 is 22.8 Å². The molecule has 0 atom stereocenters. The zero-order valence-electron chi connectivity index (χ0n) is 79.6. The number of ether oxygens (including phenoxy) is 6. The number of aryl methyl sites for hydroxylation is 8. The zero-order valence-corrected chi connectivity index (χ0v) is 80.5. The maximum Gasteiger partial charge on any atom is 0.331 e. The summed E-state index contributed by atoms with van der Waals surface area (Å²) in [5.74, 6) is -0.409. The van der Waals surface area contributed by atoms with Gasteiger partial charge in [-0.3, -0.25) is 94.8 Å². The molecule has 0 unspecified atom stereocenters. The smallest absolute Gasteiger partial charge is 0.331 e. The third-order valence-electron chi connectivity index (χ3n) is 24.0. The molecule has 1 saturated carbocycles. The number of hydrogen-bond donors (Lipinski definition) is 4. The molecule has 0 saturated heterocycles. The summed E-state index contributed by atoms with van der Waals surface area (Å²) < 4.78 is 101. The maximum absolute atomic E-state index is 13.5. The minimum Gasteiger partial charge on any atom is -0.493 e. The molecule has 0 amide bonds. The van der Waals surface area contributed by atoms with E-state index in [0.29, 0.717) is 109 Å². The van der Waals surface area contributed by atoms with Gasteiger partial charge in [-0.25, -0.2) is 41.7 Å². The standard InChI is InChI=1S/C28H26N4O5.C25H30F2N4O5.C24H26N4O5S.C23H25F2N7O4/c1-18-9-3-6-14-22(18)36-15-8-16-37-27-29-23-24(25(33)30-27)32(28(35)31(2)26(23)34)17-20-12-7-11-19-10-4-5-13-21(19)20;1-16-6-3-4-7-18(16)35-14-5-15-36-23-28-19-20(21(32)29-23)31(24(34)30(2)22(19)33)13-10-17-8-11-25(26,27)12-9-17;1-16-8-3-4-11-18(16)32-13-7-14-33-23-25-19-20(21(29)26-23)28(24(31)27(2)22(19)30)12-5-9-17-10-6-15-34-17;1-2-3-7-12-31-17-16(28-19(18(24)25)29-20(17)33)22(34)32(23(31)35)13-8-5-10-15-27-21(36-30-15)14-9-4-6-11-26-14/h3-7,9-14H,8,15-17H2,1-2H3,(H,29,30,33);3-4,6-7,17H,5,8-15H2,1-2H3,(H,28,29,32);3-4,6,8,10-11,15H,5,7,9,12-14H2,1-2H3,(H,25,26,29);4,6,9,11,18H,2-3,5,7-8,10,12-13H2,1H3,(H,28,29,33). The number of nitrogens with zero attached hydrogens (tertiary/aromatic N) is 15. The van der Waals surface area contributed by atoms with Crippen molar-refractivity contribution in [2.75, 3.05) is 39.6 Å². The first-order valence-electron chi connectivity index (χ1n) is 46.8. The van der Waals surface area contributed by atoms with E-state index in [-0.39, 0.29) is 127 Å². The number of fused-ring (bicyclic) bond motifs is 5. The van der Waals surface area contributed by atoms with Gasteiger partial charge in [0.15, 0.2) is 33.7 Å². The lowest BCUT2D eigenvalue weighted by Gasteiger charge is -2.28. The monoisotopic (exact) mass is 1990 g/mol. The number of unbranched alkanes of at least 4 members (excludes halogenated alkanes) is 3. The molecule has 143 heavy (non-hydrogen) atoms. The van der Waals surface area contributed by atoms with Crippen LogP contribution in [-0.2, 0) is 66.7 Å². The molecule has 17 rings (SSSR count). The van der Waals surface area contributed by atoms with E-state index in [1.807, 2.05) is 165 Å². The van der Waals surface area contributed by atoms with Crippen LogP contribution in [0.25, 0.3) is 66.5 Å². The largest absolute Gasteiger partial charge is 0.493 e. The van der Waals surface area contributed by atoms with Crippen LogP contribution in [0.5, 0.6) is 35.3 Å². The molecule has 750 valence electrons. The van der Waals surface area contributed by atoms with Crippen molar-refractivity contribution in [3.63, 3.8) is 0 Å². The Balaban J connectivity index is 0.000000151. The Morgan fingerprint density at radius 2 is 0.888 bits per heavy atom. The summed E-state index contributed by atoms with van der Waals surface area (Å²) in [4.78, 5) is 190. The van der Waals surface area contributed by atoms with Crippen LogP contribution in [0.3, 0.4) is 0 Å². The van der Waals surface area contributed by atoms with Crippen LogP contribution in [-0.4, -0.2) is 137 Å². The molecule has 11 aromatic heterocycles. The number of hydrogen-bond acceptors (Lipinski definition) is 27. The van der Waals surface area contributed by atoms with Gasteiger partial charge in [-0.2, -0.15) is 19.9 Å². The van der Waals surface area contributed by atoms with E-state index >= 15 is 0 Å². The van der Waals surface area contributed by atoms with Crippen molar-refractivity contribution in [3.05, 3.63) is 321 Å². The number of nitrogens with one attached hydrogen (secondary N) is 4. The Morgan fingerprint density at radius 3 is 1.39 bits per heavy atom. The van der Waals surface area contributed by atoms with Gasteiger partial charge in [0, 0.05) is 96.9 Å². The fourth-order valence-corrected chi connectivity index (χ4v) is 17.0. The van der Waals surface area contributed by atoms with Crippen molar-refractivity contribution in [2.24, 2.45) is 27.1 Å². The highest BCUT2D eigenvalue weighted by Gasteiger charge is 2.35. The number of thiophene rings is 1. The lowest BCUT2D eigenvalue weighted by molar-refractivity contribution is -0.0468. The molecule has 16 aromatic rings. The maximum atomic E-state index is 13.5. The number of pyridine rings is 1. The first kappa shape index (κ1) is 103. The molecule has 38 nitrogen and oxygen atoms in total. The highest BCUT2D eigenvalue weighted by atomic mass is 32.1. The second-order valence-electron chi connectivity index (χ2n) is 34.1. The van der Waals surface area contributed by atoms with Crippen LogP contribution in [0.2, 0.25) is 0 Å². The van der Waals surface area contributed by atoms with Gasteiger partial charge in [0.05, 0.1) is 46.2 Å². The van der Waals surface area contributed by atoms with Crippen molar-refractivity contribution in [1.29, 1.82) is 0 Å². The number of rotatable bonds is 38. The molecule has 5 aromatic carbocycles. The number of aromatic nitrogens is 19. The summed E-state index contributed by atoms with van der Waals surface area (Å²) >= 11 is 1.64. The van der Waals surface area contributed by atoms with E-state index < -0.39 is 90.9 Å². The summed E-state index contributed by atoms with van der Waals surface area (Å²) in [6.45, 7) is 10.4. The molecule has 4 N–H and O–H groups in total. The number of para-hydroxylation sites is 3. The van der Waals surface area contributed by atoms with E-state index in [0.717, 1.165) is 92.4 Å². The van der Waals surface area contributed by atoms with Crippen LogP contribution in [0.4, 0.5) is 17.6 Å². The Morgan fingerprint density at radius 1 is 0.441 bits per heavy atom. The molecule has 1 aliphatic carbocycles. The van der Waals surface area contributed by atoms with Gasteiger partial charge in [0.25, 0.3) is 74.8 Å². The average Bonchev–Trinajstić information content (AvgIpc) is 1.02. The molecule has 0 radical (unpaired) electrons. The van der Waals surface area contributed by atoms with E-state index in [1.165, 1.54) is 39.7 Å². The van der Waals surface area contributed by atoms with Crippen LogP contribution >= 0.6 is 11.3 Å². The van der Waals surface area contributed by atoms with Gasteiger partial charge in [-0.05, 0) is 153 Å². The molecule has 11 heterocycles. The summed E-state index contributed by atoms with van der Waals surface area (Å²) in [6.07, 6.45) is 5.93. The highest BCUT2D eigenvalue weighted by molar-refractivity contribution is 7.09. The number of alkyl halides is 4. The third-order valence-corrected chi connectivity index (χ3v) is 24.9. The molecule has 1 aliphatic rings. The fraction of sp³-hybridized carbons (Fsp3) is 0.370. The lowest BCUT2D eigenvalue weighted by Crippen LogP contribution is -2.42. The second kappa shape index (κ2) is 47.9. The molecule has 0 spiro atoms. The van der Waals surface area contributed by atoms with E-state index in [2.05, 4.69) is 50.0 Å².